The molecule has 0 bridgehead atoms. The molecule has 1 unspecified atom stereocenters. The molecule has 1 aliphatic rings. The second-order valence-corrected chi connectivity index (χ2v) is 5.92. The molecule has 24 heavy (non-hydrogen) atoms. The van der Waals surface area contributed by atoms with E-state index in [2.05, 4.69) is 16.0 Å². The molecule has 1 heterocycles. The zero-order chi connectivity index (χ0) is 17.7. The van der Waals surface area contributed by atoms with Crippen LogP contribution in [0.25, 0.3) is 0 Å². The monoisotopic (exact) mass is 333 g/mol. The standard InChI is InChI=1S/C17H23N3O4/c1-10(2)18-17(23)20-15-13(16(21)22)7-8-14(19-15)11-5-4-6-12(9-11)24-3/h4-6,9-10,14,19H,7-8H2,1-3H3,(H,21,22)(H2,18,20,23). The number of ether oxygens (including phenoxy) is 1. The van der Waals surface area contributed by atoms with E-state index in [-0.39, 0.29) is 23.5 Å². The molecule has 0 fully saturated rings. The maximum Gasteiger partial charge on any atom is 0.335 e. The summed E-state index contributed by atoms with van der Waals surface area (Å²) < 4.78 is 5.23. The molecule has 0 saturated heterocycles. The molecule has 1 atom stereocenters. The number of rotatable bonds is 5. The molecular weight excluding hydrogens is 310 g/mol. The van der Waals surface area contributed by atoms with Gasteiger partial charge in [-0.2, -0.15) is 0 Å². The molecule has 2 rings (SSSR count). The molecule has 4 N–H and O–H groups in total. The molecule has 0 aliphatic carbocycles. The number of nitrogens with one attached hydrogen (secondary N) is 3. The van der Waals surface area contributed by atoms with E-state index in [9.17, 15) is 14.7 Å². The average molecular weight is 333 g/mol. The van der Waals surface area contributed by atoms with Gasteiger partial charge < -0.3 is 20.5 Å². The van der Waals surface area contributed by atoms with E-state index in [1.54, 1.807) is 7.11 Å². The number of hydrogen-bond acceptors (Lipinski definition) is 4. The van der Waals surface area contributed by atoms with Crippen molar-refractivity contribution in [3.8, 4) is 5.75 Å². The number of aliphatic carboxylic acids is 1. The third kappa shape index (κ3) is 4.41. The van der Waals surface area contributed by atoms with Crippen molar-refractivity contribution in [2.24, 2.45) is 0 Å². The highest BCUT2D eigenvalue weighted by Crippen LogP contribution is 2.29. The Morgan fingerprint density at radius 3 is 2.75 bits per heavy atom. The van der Waals surface area contributed by atoms with E-state index in [0.717, 1.165) is 11.3 Å². The van der Waals surface area contributed by atoms with Gasteiger partial charge in [0.15, 0.2) is 0 Å². The lowest BCUT2D eigenvalue weighted by Gasteiger charge is -2.29. The number of carboxylic acid groups (broad SMARTS) is 1. The molecule has 0 saturated carbocycles. The predicted molar refractivity (Wildman–Crippen MR) is 89.6 cm³/mol. The Hall–Kier alpha value is -2.70. The van der Waals surface area contributed by atoms with Crippen LogP contribution < -0.4 is 20.7 Å². The lowest BCUT2D eigenvalue weighted by atomic mass is 9.95. The second kappa shape index (κ2) is 7.72. The Bertz CT molecular complexity index is 655. The van der Waals surface area contributed by atoms with Gasteiger partial charge in [0.25, 0.3) is 0 Å². The van der Waals surface area contributed by atoms with Crippen LogP contribution in [0.15, 0.2) is 35.7 Å². The summed E-state index contributed by atoms with van der Waals surface area (Å²) in [4.78, 5) is 23.3. The summed E-state index contributed by atoms with van der Waals surface area (Å²) in [5.74, 6) is -0.0690. The molecule has 0 aromatic heterocycles. The predicted octanol–water partition coefficient (Wildman–Crippen LogP) is 2.12. The fraction of sp³-hybridized carbons (Fsp3) is 0.412. The summed E-state index contributed by atoms with van der Waals surface area (Å²) in [6.07, 6.45) is 0.979. The number of amides is 2. The second-order valence-electron chi connectivity index (χ2n) is 5.92. The molecule has 2 amide bonds. The van der Waals surface area contributed by atoms with Gasteiger partial charge in [0.2, 0.25) is 0 Å². The van der Waals surface area contributed by atoms with Crippen LogP contribution in [0, 0.1) is 0 Å². The number of urea groups is 1. The van der Waals surface area contributed by atoms with Crippen LogP contribution in [-0.2, 0) is 4.79 Å². The zero-order valence-corrected chi connectivity index (χ0v) is 14.1. The van der Waals surface area contributed by atoms with Gasteiger partial charge in [0, 0.05) is 6.04 Å². The van der Waals surface area contributed by atoms with Crippen LogP contribution in [0.4, 0.5) is 4.79 Å². The van der Waals surface area contributed by atoms with Crippen molar-refractivity contribution in [3.05, 3.63) is 41.2 Å². The quantitative estimate of drug-likeness (QED) is 0.661. The molecule has 7 nitrogen and oxygen atoms in total. The summed E-state index contributed by atoms with van der Waals surface area (Å²) in [6, 6.07) is 6.99. The van der Waals surface area contributed by atoms with Gasteiger partial charge in [-0.3, -0.25) is 5.32 Å². The maximum atomic E-state index is 11.9. The summed E-state index contributed by atoms with van der Waals surface area (Å²) in [6.45, 7) is 3.67. The van der Waals surface area contributed by atoms with Crippen LogP contribution in [0.2, 0.25) is 0 Å². The Morgan fingerprint density at radius 1 is 1.38 bits per heavy atom. The van der Waals surface area contributed by atoms with Crippen molar-refractivity contribution in [3.63, 3.8) is 0 Å². The minimum Gasteiger partial charge on any atom is -0.497 e. The molecule has 130 valence electrons. The first-order valence-electron chi connectivity index (χ1n) is 7.85. The van der Waals surface area contributed by atoms with Crippen LogP contribution in [0.5, 0.6) is 5.75 Å². The number of benzene rings is 1. The summed E-state index contributed by atoms with van der Waals surface area (Å²) in [5.41, 5.74) is 1.15. The lowest BCUT2D eigenvalue weighted by molar-refractivity contribution is -0.133. The average Bonchev–Trinajstić information content (AvgIpc) is 2.53. The third-order valence-electron chi connectivity index (χ3n) is 3.72. The molecule has 0 spiro atoms. The zero-order valence-electron chi connectivity index (χ0n) is 14.1. The Labute approximate surface area is 141 Å². The van der Waals surface area contributed by atoms with E-state index in [4.69, 9.17) is 4.74 Å². The van der Waals surface area contributed by atoms with Crippen molar-refractivity contribution in [1.82, 2.24) is 16.0 Å². The number of carbonyl (C=O) groups excluding carboxylic acids is 1. The SMILES string of the molecule is COc1cccc(C2CCC(C(=O)O)=C(NC(=O)NC(C)C)N2)c1. The van der Waals surface area contributed by atoms with Crippen molar-refractivity contribution in [2.45, 2.75) is 38.8 Å². The van der Waals surface area contributed by atoms with Gasteiger partial charge in [-0.1, -0.05) is 12.1 Å². The van der Waals surface area contributed by atoms with Gasteiger partial charge in [0.05, 0.1) is 18.7 Å². The van der Waals surface area contributed by atoms with Gasteiger partial charge in [-0.25, -0.2) is 9.59 Å². The highest BCUT2D eigenvalue weighted by atomic mass is 16.5. The lowest BCUT2D eigenvalue weighted by Crippen LogP contribution is -2.45. The van der Waals surface area contributed by atoms with Gasteiger partial charge in [-0.05, 0) is 44.4 Å². The highest BCUT2D eigenvalue weighted by molar-refractivity contribution is 5.89. The molecule has 0 radical (unpaired) electrons. The first kappa shape index (κ1) is 17.7. The number of carboxylic acids is 1. The fourth-order valence-corrected chi connectivity index (χ4v) is 2.59. The third-order valence-corrected chi connectivity index (χ3v) is 3.72. The van der Waals surface area contributed by atoms with Crippen molar-refractivity contribution < 1.29 is 19.4 Å². The van der Waals surface area contributed by atoms with Crippen LogP contribution in [-0.4, -0.2) is 30.3 Å². The minimum absolute atomic E-state index is 0.0448. The van der Waals surface area contributed by atoms with E-state index in [1.807, 2.05) is 38.1 Å². The van der Waals surface area contributed by atoms with E-state index < -0.39 is 12.0 Å². The fourth-order valence-electron chi connectivity index (χ4n) is 2.59. The van der Waals surface area contributed by atoms with Crippen LogP contribution in [0.1, 0.15) is 38.3 Å². The van der Waals surface area contributed by atoms with Crippen LogP contribution in [0.3, 0.4) is 0 Å². The maximum absolute atomic E-state index is 11.9. The Morgan fingerprint density at radius 2 is 2.12 bits per heavy atom. The molecule has 1 aromatic rings. The van der Waals surface area contributed by atoms with Crippen LogP contribution >= 0.6 is 0 Å². The molecule has 1 aliphatic heterocycles. The molecule has 1 aromatic carbocycles. The largest absolute Gasteiger partial charge is 0.497 e. The normalized spacial score (nSPS) is 17.2. The number of methoxy groups -OCH3 is 1. The topological polar surface area (TPSA) is 99.7 Å². The van der Waals surface area contributed by atoms with E-state index >= 15 is 0 Å². The Balaban J connectivity index is 2.20. The summed E-state index contributed by atoms with van der Waals surface area (Å²) in [7, 11) is 1.60. The van der Waals surface area contributed by atoms with Gasteiger partial charge in [-0.15, -0.1) is 0 Å². The van der Waals surface area contributed by atoms with Gasteiger partial charge >= 0.3 is 12.0 Å². The van der Waals surface area contributed by atoms with Crippen molar-refractivity contribution in [1.29, 1.82) is 0 Å². The summed E-state index contributed by atoms with van der Waals surface area (Å²) >= 11 is 0. The minimum atomic E-state index is -1.04. The first-order valence-corrected chi connectivity index (χ1v) is 7.85. The van der Waals surface area contributed by atoms with E-state index in [1.165, 1.54) is 0 Å². The Kier molecular flexibility index (Phi) is 5.68. The van der Waals surface area contributed by atoms with Crippen molar-refractivity contribution in [2.75, 3.05) is 7.11 Å². The number of hydrogen-bond donors (Lipinski definition) is 4. The van der Waals surface area contributed by atoms with Gasteiger partial charge in [0.1, 0.15) is 11.6 Å². The first-order chi connectivity index (χ1) is 11.4. The molecular formula is C17H23N3O4. The van der Waals surface area contributed by atoms with Crippen molar-refractivity contribution >= 4 is 12.0 Å². The highest BCUT2D eigenvalue weighted by Gasteiger charge is 2.26. The smallest absolute Gasteiger partial charge is 0.335 e. The number of carbonyl (C=O) groups is 2. The van der Waals surface area contributed by atoms with E-state index in [0.29, 0.717) is 12.8 Å². The summed E-state index contributed by atoms with van der Waals surface area (Å²) in [5, 5.41) is 17.8. The molecule has 7 heteroatoms.